The van der Waals surface area contributed by atoms with Crippen LogP contribution in [0.25, 0.3) is 11.4 Å². The Morgan fingerprint density at radius 2 is 1.77 bits per heavy atom. The smallest absolute Gasteiger partial charge is 0.234 e. The number of nitrogens with one attached hydrogen (secondary N) is 1. The minimum atomic E-state index is -0.218. The first-order valence-corrected chi connectivity index (χ1v) is 9.53. The van der Waals surface area contributed by atoms with Crippen LogP contribution >= 0.6 is 35.0 Å². The number of anilines is 1. The summed E-state index contributed by atoms with van der Waals surface area (Å²) < 4.78 is 1.87. The summed E-state index contributed by atoms with van der Waals surface area (Å²) in [4.78, 5) is 12.2. The fraction of sp³-hybridized carbons (Fsp3) is 0.167. The molecule has 1 N–H and O–H groups in total. The molecule has 0 unspecified atom stereocenters. The molecule has 1 aromatic heterocycles. The van der Waals surface area contributed by atoms with E-state index in [2.05, 4.69) is 15.5 Å². The molecule has 134 valence electrons. The molecule has 0 aliphatic rings. The Morgan fingerprint density at radius 3 is 2.42 bits per heavy atom. The van der Waals surface area contributed by atoms with Crippen molar-refractivity contribution in [3.63, 3.8) is 0 Å². The van der Waals surface area contributed by atoms with Crippen molar-refractivity contribution in [1.82, 2.24) is 14.8 Å². The van der Waals surface area contributed by atoms with Gasteiger partial charge in [0, 0.05) is 12.6 Å². The van der Waals surface area contributed by atoms with Crippen LogP contribution in [0.5, 0.6) is 0 Å². The van der Waals surface area contributed by atoms with E-state index < -0.39 is 0 Å². The molecule has 0 atom stereocenters. The molecule has 0 saturated carbocycles. The molecule has 3 aromatic rings. The highest BCUT2D eigenvalue weighted by Crippen LogP contribution is 2.30. The van der Waals surface area contributed by atoms with Crippen LogP contribution in [0.15, 0.2) is 47.6 Å². The molecule has 0 spiro atoms. The Balaban J connectivity index is 1.67. The van der Waals surface area contributed by atoms with E-state index in [1.807, 2.05) is 42.8 Å². The third kappa shape index (κ3) is 4.20. The SMILES string of the molecule is Cc1ccc(-c2nnc(SCC(=O)Nc3c(Cl)cccc3Cl)n2C)cc1. The number of nitrogens with zero attached hydrogens (tertiary/aromatic N) is 3. The summed E-state index contributed by atoms with van der Waals surface area (Å²) in [6, 6.07) is 13.1. The lowest BCUT2D eigenvalue weighted by Crippen LogP contribution is -2.15. The van der Waals surface area contributed by atoms with Crippen LogP contribution < -0.4 is 5.32 Å². The standard InChI is InChI=1S/C18H16Cl2N4OS/c1-11-6-8-12(9-7-11)17-22-23-18(24(17)2)26-10-15(25)21-16-13(19)4-3-5-14(16)20/h3-9H,10H2,1-2H3,(H,21,25). The first-order valence-electron chi connectivity index (χ1n) is 7.79. The van der Waals surface area contributed by atoms with Gasteiger partial charge in [0.1, 0.15) is 0 Å². The number of thioether (sulfide) groups is 1. The highest BCUT2D eigenvalue weighted by molar-refractivity contribution is 7.99. The highest BCUT2D eigenvalue weighted by atomic mass is 35.5. The quantitative estimate of drug-likeness (QED) is 0.616. The van der Waals surface area contributed by atoms with Gasteiger partial charge in [-0.3, -0.25) is 4.79 Å². The Morgan fingerprint density at radius 1 is 1.12 bits per heavy atom. The largest absolute Gasteiger partial charge is 0.323 e. The van der Waals surface area contributed by atoms with Crippen molar-refractivity contribution < 1.29 is 4.79 Å². The summed E-state index contributed by atoms with van der Waals surface area (Å²) in [6.45, 7) is 2.03. The van der Waals surface area contributed by atoms with Gasteiger partial charge >= 0.3 is 0 Å². The molecule has 1 heterocycles. The summed E-state index contributed by atoms with van der Waals surface area (Å²) in [7, 11) is 1.88. The van der Waals surface area contributed by atoms with E-state index in [1.165, 1.54) is 17.3 Å². The van der Waals surface area contributed by atoms with E-state index >= 15 is 0 Å². The number of hydrogen-bond donors (Lipinski definition) is 1. The van der Waals surface area contributed by atoms with Crippen molar-refractivity contribution in [3.05, 3.63) is 58.1 Å². The van der Waals surface area contributed by atoms with Gasteiger partial charge in [0.15, 0.2) is 11.0 Å². The van der Waals surface area contributed by atoms with E-state index in [9.17, 15) is 4.79 Å². The predicted molar refractivity (Wildman–Crippen MR) is 107 cm³/mol. The Labute approximate surface area is 165 Å². The molecule has 1 amide bonds. The average Bonchev–Trinajstić information content (AvgIpc) is 2.98. The summed E-state index contributed by atoms with van der Waals surface area (Å²) >= 11 is 13.4. The van der Waals surface area contributed by atoms with Crippen LogP contribution in [-0.4, -0.2) is 26.4 Å². The van der Waals surface area contributed by atoms with Crippen molar-refractivity contribution in [2.45, 2.75) is 12.1 Å². The molecule has 0 aliphatic carbocycles. The van der Waals surface area contributed by atoms with Crippen LogP contribution in [0, 0.1) is 6.92 Å². The number of carbonyl (C=O) groups excluding carboxylic acids is 1. The van der Waals surface area contributed by atoms with E-state index in [4.69, 9.17) is 23.2 Å². The number of benzene rings is 2. The summed E-state index contributed by atoms with van der Waals surface area (Å²) in [6.07, 6.45) is 0. The van der Waals surface area contributed by atoms with Crippen molar-refractivity contribution in [2.75, 3.05) is 11.1 Å². The van der Waals surface area contributed by atoms with Crippen molar-refractivity contribution in [1.29, 1.82) is 0 Å². The molecule has 0 bridgehead atoms. The minimum Gasteiger partial charge on any atom is -0.323 e. The Kier molecular flexibility index (Phi) is 5.86. The zero-order chi connectivity index (χ0) is 18.7. The van der Waals surface area contributed by atoms with Gasteiger partial charge in [-0.25, -0.2) is 0 Å². The molecule has 2 aromatic carbocycles. The van der Waals surface area contributed by atoms with Crippen molar-refractivity contribution >= 4 is 46.6 Å². The van der Waals surface area contributed by atoms with Crippen LogP contribution in [0.3, 0.4) is 0 Å². The number of amides is 1. The maximum absolute atomic E-state index is 12.2. The maximum atomic E-state index is 12.2. The van der Waals surface area contributed by atoms with Crippen LogP contribution in [0.4, 0.5) is 5.69 Å². The van der Waals surface area contributed by atoms with Gasteiger partial charge in [0.05, 0.1) is 21.5 Å². The average molecular weight is 407 g/mol. The summed E-state index contributed by atoms with van der Waals surface area (Å²) in [5.41, 5.74) is 2.57. The number of para-hydroxylation sites is 1. The molecule has 0 saturated heterocycles. The number of hydrogen-bond acceptors (Lipinski definition) is 4. The molecule has 0 fully saturated rings. The van der Waals surface area contributed by atoms with E-state index in [-0.39, 0.29) is 11.7 Å². The fourth-order valence-corrected chi connectivity index (χ4v) is 3.52. The zero-order valence-electron chi connectivity index (χ0n) is 14.2. The van der Waals surface area contributed by atoms with Crippen molar-refractivity contribution in [3.8, 4) is 11.4 Å². The van der Waals surface area contributed by atoms with Gasteiger partial charge < -0.3 is 9.88 Å². The third-order valence-electron chi connectivity index (χ3n) is 3.70. The van der Waals surface area contributed by atoms with Gasteiger partial charge in [-0.1, -0.05) is 70.9 Å². The monoisotopic (exact) mass is 406 g/mol. The van der Waals surface area contributed by atoms with Gasteiger partial charge in [0.25, 0.3) is 0 Å². The second-order valence-corrected chi connectivity index (χ2v) is 7.42. The molecule has 3 rings (SSSR count). The molecule has 0 aliphatic heterocycles. The lowest BCUT2D eigenvalue weighted by Gasteiger charge is -2.09. The van der Waals surface area contributed by atoms with Crippen LogP contribution in [0.1, 0.15) is 5.56 Å². The molecule has 5 nitrogen and oxygen atoms in total. The summed E-state index contributed by atoms with van der Waals surface area (Å²) in [5, 5.41) is 12.6. The Hall–Kier alpha value is -2.02. The fourth-order valence-electron chi connectivity index (χ4n) is 2.32. The van der Waals surface area contributed by atoms with Gasteiger partial charge in [-0.15, -0.1) is 10.2 Å². The summed E-state index contributed by atoms with van der Waals surface area (Å²) in [5.74, 6) is 0.702. The topological polar surface area (TPSA) is 59.8 Å². The lowest BCUT2D eigenvalue weighted by atomic mass is 10.1. The maximum Gasteiger partial charge on any atom is 0.234 e. The molecule has 26 heavy (non-hydrogen) atoms. The second-order valence-electron chi connectivity index (χ2n) is 5.66. The molecule has 8 heteroatoms. The minimum absolute atomic E-state index is 0.168. The number of aryl methyl sites for hydroxylation is 1. The first kappa shape index (κ1) is 18.8. The molecular formula is C18H16Cl2N4OS. The van der Waals surface area contributed by atoms with Crippen molar-refractivity contribution in [2.24, 2.45) is 7.05 Å². The predicted octanol–water partition coefficient (Wildman–Crippen LogP) is 4.83. The number of rotatable bonds is 5. The van der Waals surface area contributed by atoms with Crippen LogP contribution in [-0.2, 0) is 11.8 Å². The Bertz CT molecular complexity index is 921. The van der Waals surface area contributed by atoms with Crippen LogP contribution in [0.2, 0.25) is 10.0 Å². The van der Waals surface area contributed by atoms with Gasteiger partial charge in [-0.2, -0.15) is 0 Å². The number of halogens is 2. The highest BCUT2D eigenvalue weighted by Gasteiger charge is 2.14. The first-order chi connectivity index (χ1) is 12.5. The van der Waals surface area contributed by atoms with E-state index in [0.717, 1.165) is 11.4 Å². The van der Waals surface area contributed by atoms with E-state index in [1.54, 1.807) is 18.2 Å². The number of carbonyl (C=O) groups is 1. The third-order valence-corrected chi connectivity index (χ3v) is 5.35. The zero-order valence-corrected chi connectivity index (χ0v) is 16.5. The van der Waals surface area contributed by atoms with E-state index in [0.29, 0.717) is 20.9 Å². The normalized spacial score (nSPS) is 10.8. The lowest BCUT2D eigenvalue weighted by molar-refractivity contribution is -0.113. The molecule has 0 radical (unpaired) electrons. The van der Waals surface area contributed by atoms with Gasteiger partial charge in [0.2, 0.25) is 5.91 Å². The van der Waals surface area contributed by atoms with Gasteiger partial charge in [-0.05, 0) is 19.1 Å². The second kappa shape index (κ2) is 8.12. The molecular weight excluding hydrogens is 391 g/mol. The number of aromatic nitrogens is 3.